The zero-order chi connectivity index (χ0) is 18.1. The van der Waals surface area contributed by atoms with Crippen molar-refractivity contribution < 1.29 is 9.59 Å². The van der Waals surface area contributed by atoms with E-state index in [0.29, 0.717) is 6.54 Å². The lowest BCUT2D eigenvalue weighted by Gasteiger charge is -2.24. The molecule has 0 aliphatic heterocycles. The normalized spacial score (nSPS) is 10.6. The van der Waals surface area contributed by atoms with Crippen LogP contribution in [0.1, 0.15) is 20.8 Å². The second kappa shape index (κ2) is 9.93. The van der Waals surface area contributed by atoms with Gasteiger partial charge in [0.1, 0.15) is 6.54 Å². The molecule has 0 fully saturated rings. The van der Waals surface area contributed by atoms with Crippen LogP contribution in [0.2, 0.25) is 0 Å². The number of hydrogen-bond acceptors (Lipinski definition) is 4. The van der Waals surface area contributed by atoms with Gasteiger partial charge in [0.2, 0.25) is 11.8 Å². The molecule has 0 aliphatic carbocycles. The minimum absolute atomic E-state index is 0.0351. The summed E-state index contributed by atoms with van der Waals surface area (Å²) in [6.45, 7) is 8.93. The maximum atomic E-state index is 12.0. The number of likely N-dealkylation sites (N-methyl/N-ethyl adjacent to an activating group) is 1. The molecule has 0 unspecified atom stereocenters. The Hall–Kier alpha value is -2.08. The summed E-state index contributed by atoms with van der Waals surface area (Å²) in [5.41, 5.74) is 1.85. The van der Waals surface area contributed by atoms with E-state index in [9.17, 15) is 9.59 Å². The van der Waals surface area contributed by atoms with Crippen LogP contribution >= 0.6 is 0 Å². The third-order valence-electron chi connectivity index (χ3n) is 3.85. The zero-order valence-corrected chi connectivity index (χ0v) is 15.5. The van der Waals surface area contributed by atoms with Crippen LogP contribution in [0.3, 0.4) is 0 Å². The van der Waals surface area contributed by atoms with Gasteiger partial charge in [0.05, 0.1) is 0 Å². The van der Waals surface area contributed by atoms with Crippen LogP contribution in [0.5, 0.6) is 0 Å². The second-order valence-electron chi connectivity index (χ2n) is 5.95. The molecule has 6 nitrogen and oxygen atoms in total. The van der Waals surface area contributed by atoms with Crippen LogP contribution in [-0.4, -0.2) is 63.5 Å². The Labute approximate surface area is 145 Å². The van der Waals surface area contributed by atoms with Crippen LogP contribution in [0.25, 0.3) is 0 Å². The van der Waals surface area contributed by atoms with Gasteiger partial charge >= 0.3 is 0 Å². The number of benzene rings is 1. The number of nitrogens with zero attached hydrogens (tertiary/aromatic N) is 3. The molecule has 0 atom stereocenters. The van der Waals surface area contributed by atoms with Gasteiger partial charge in [0.25, 0.3) is 0 Å². The molecular formula is C18H30N4O2. The lowest BCUT2D eigenvalue weighted by molar-refractivity contribution is -0.123. The van der Waals surface area contributed by atoms with E-state index in [-0.39, 0.29) is 18.4 Å². The van der Waals surface area contributed by atoms with E-state index in [1.165, 1.54) is 11.8 Å². The minimum Gasteiger partial charge on any atom is -0.372 e. The number of anilines is 2. The predicted molar refractivity (Wildman–Crippen MR) is 99.6 cm³/mol. The van der Waals surface area contributed by atoms with Crippen molar-refractivity contribution in [1.29, 1.82) is 0 Å². The van der Waals surface area contributed by atoms with E-state index >= 15 is 0 Å². The Morgan fingerprint density at radius 3 is 2.00 bits per heavy atom. The molecule has 1 aromatic carbocycles. The van der Waals surface area contributed by atoms with Gasteiger partial charge in [-0.25, -0.2) is 0 Å². The third-order valence-corrected chi connectivity index (χ3v) is 3.85. The van der Waals surface area contributed by atoms with Crippen molar-refractivity contribution in [3.05, 3.63) is 24.3 Å². The van der Waals surface area contributed by atoms with Gasteiger partial charge in [-0.3, -0.25) is 9.59 Å². The quantitative estimate of drug-likeness (QED) is 0.745. The number of carbonyl (C=O) groups excluding carboxylic acids is 2. The maximum absolute atomic E-state index is 12.0. The first-order valence-electron chi connectivity index (χ1n) is 8.43. The van der Waals surface area contributed by atoms with Crippen LogP contribution in [0.15, 0.2) is 24.3 Å². The molecule has 0 saturated carbocycles. The summed E-state index contributed by atoms with van der Waals surface area (Å²) in [5.74, 6) is -0.298. The molecular weight excluding hydrogens is 304 g/mol. The summed E-state index contributed by atoms with van der Waals surface area (Å²) in [4.78, 5) is 29.7. The molecule has 2 amide bonds. The van der Waals surface area contributed by atoms with E-state index in [4.69, 9.17) is 0 Å². The summed E-state index contributed by atoms with van der Waals surface area (Å²) in [6.07, 6.45) is 0. The van der Waals surface area contributed by atoms with Gasteiger partial charge < -0.3 is 20.0 Å². The third kappa shape index (κ3) is 6.20. The number of carbonyl (C=O) groups is 2. The first-order valence-corrected chi connectivity index (χ1v) is 8.43. The van der Waals surface area contributed by atoms with Crippen LogP contribution in [0.4, 0.5) is 11.4 Å². The first-order chi connectivity index (χ1) is 11.4. The standard InChI is InChI=1S/C18H30N4O2/c1-6-21(7-2)16-8-10-17(11-9-16)22(15(3)23)14-18(24)19-12-13-20(4)5/h8-11H,6-7,12-14H2,1-5H3,(H,19,24). The van der Waals surface area contributed by atoms with Crippen LogP contribution in [-0.2, 0) is 9.59 Å². The molecule has 0 bridgehead atoms. The molecule has 134 valence electrons. The van der Waals surface area contributed by atoms with Gasteiger partial charge in [-0.05, 0) is 52.2 Å². The average molecular weight is 334 g/mol. The average Bonchev–Trinajstić information content (AvgIpc) is 2.54. The minimum atomic E-state index is -0.153. The maximum Gasteiger partial charge on any atom is 0.240 e. The van der Waals surface area contributed by atoms with Crippen LogP contribution < -0.4 is 15.1 Å². The van der Waals surface area contributed by atoms with Gasteiger partial charge in [0.15, 0.2) is 0 Å². The molecule has 0 spiro atoms. The van der Waals surface area contributed by atoms with E-state index in [1.807, 2.05) is 43.3 Å². The SMILES string of the molecule is CCN(CC)c1ccc(N(CC(=O)NCCN(C)C)C(C)=O)cc1. The van der Waals surface area contributed by atoms with Crippen molar-refractivity contribution >= 4 is 23.2 Å². The fourth-order valence-electron chi connectivity index (χ4n) is 2.44. The molecule has 1 rings (SSSR count). The van der Waals surface area contributed by atoms with Gasteiger partial charge in [-0.2, -0.15) is 0 Å². The van der Waals surface area contributed by atoms with Crippen molar-refractivity contribution in [3.8, 4) is 0 Å². The Balaban J connectivity index is 2.74. The summed E-state index contributed by atoms with van der Waals surface area (Å²) in [7, 11) is 3.90. The van der Waals surface area contributed by atoms with E-state index in [0.717, 1.165) is 31.0 Å². The number of nitrogens with one attached hydrogen (secondary N) is 1. The smallest absolute Gasteiger partial charge is 0.240 e. The highest BCUT2D eigenvalue weighted by Gasteiger charge is 2.16. The zero-order valence-electron chi connectivity index (χ0n) is 15.5. The number of hydrogen-bond donors (Lipinski definition) is 1. The summed E-state index contributed by atoms with van der Waals surface area (Å²) < 4.78 is 0. The molecule has 1 aromatic rings. The second-order valence-corrected chi connectivity index (χ2v) is 5.95. The van der Waals surface area contributed by atoms with Gasteiger partial charge in [-0.15, -0.1) is 0 Å². The number of rotatable bonds is 9. The van der Waals surface area contributed by atoms with Crippen molar-refractivity contribution in [3.63, 3.8) is 0 Å². The molecule has 0 aromatic heterocycles. The van der Waals surface area contributed by atoms with Crippen molar-refractivity contribution in [2.75, 3.05) is 56.6 Å². The van der Waals surface area contributed by atoms with Gasteiger partial charge in [0, 0.05) is 44.5 Å². The van der Waals surface area contributed by atoms with Crippen LogP contribution in [0, 0.1) is 0 Å². The van der Waals surface area contributed by atoms with E-state index < -0.39 is 0 Å². The fourth-order valence-corrected chi connectivity index (χ4v) is 2.44. The molecule has 0 radical (unpaired) electrons. The summed E-state index contributed by atoms with van der Waals surface area (Å²) in [5, 5.41) is 2.83. The Bertz CT molecular complexity index is 524. The lowest BCUT2D eigenvalue weighted by Crippen LogP contribution is -2.41. The highest BCUT2D eigenvalue weighted by Crippen LogP contribution is 2.20. The topological polar surface area (TPSA) is 55.9 Å². The first kappa shape index (κ1) is 20.0. The number of amides is 2. The Morgan fingerprint density at radius 1 is 1.00 bits per heavy atom. The van der Waals surface area contributed by atoms with Gasteiger partial charge in [-0.1, -0.05) is 0 Å². The van der Waals surface area contributed by atoms with Crippen molar-refractivity contribution in [1.82, 2.24) is 10.2 Å². The monoisotopic (exact) mass is 334 g/mol. The molecule has 0 heterocycles. The van der Waals surface area contributed by atoms with Crippen molar-refractivity contribution in [2.45, 2.75) is 20.8 Å². The summed E-state index contributed by atoms with van der Waals surface area (Å²) >= 11 is 0. The van der Waals surface area contributed by atoms with E-state index in [1.54, 1.807) is 0 Å². The Kier molecular flexibility index (Phi) is 8.26. The summed E-state index contributed by atoms with van der Waals surface area (Å²) in [6, 6.07) is 7.76. The largest absolute Gasteiger partial charge is 0.372 e. The lowest BCUT2D eigenvalue weighted by atomic mass is 10.2. The molecule has 0 saturated heterocycles. The highest BCUT2D eigenvalue weighted by molar-refractivity contribution is 5.97. The predicted octanol–water partition coefficient (Wildman–Crippen LogP) is 1.56. The molecule has 0 aliphatic rings. The highest BCUT2D eigenvalue weighted by atomic mass is 16.2. The molecule has 6 heteroatoms. The fraction of sp³-hybridized carbons (Fsp3) is 0.556. The molecule has 1 N–H and O–H groups in total. The van der Waals surface area contributed by atoms with Crippen molar-refractivity contribution in [2.24, 2.45) is 0 Å². The van der Waals surface area contributed by atoms with E-state index in [2.05, 4.69) is 24.1 Å². The Morgan fingerprint density at radius 2 is 1.54 bits per heavy atom. The molecule has 24 heavy (non-hydrogen) atoms.